The Morgan fingerprint density at radius 2 is 2.27 bits per heavy atom. The van der Waals surface area contributed by atoms with Crippen molar-refractivity contribution in [3.8, 4) is 0 Å². The molecule has 0 saturated carbocycles. The number of rotatable bonds is 3. The van der Waals surface area contributed by atoms with Gasteiger partial charge in [-0.3, -0.25) is 0 Å². The summed E-state index contributed by atoms with van der Waals surface area (Å²) in [5, 5.41) is 12.2. The van der Waals surface area contributed by atoms with Crippen LogP contribution < -0.4 is 0 Å². The van der Waals surface area contributed by atoms with Crippen LogP contribution in [0.2, 0.25) is 0 Å². The average molecular weight is 208 g/mol. The lowest BCUT2D eigenvalue weighted by Gasteiger charge is -1.95. The minimum atomic E-state index is -0.297. The molecule has 1 heterocycles. The van der Waals surface area contributed by atoms with Gasteiger partial charge in [0.15, 0.2) is 5.82 Å². The Morgan fingerprint density at radius 3 is 2.93 bits per heavy atom. The molecule has 0 atom stereocenters. The summed E-state index contributed by atoms with van der Waals surface area (Å²) in [5.74, 6) is 0.306. The molecule has 15 heavy (non-hydrogen) atoms. The second kappa shape index (κ2) is 4.18. The van der Waals surface area contributed by atoms with Gasteiger partial charge in [0, 0.05) is 0 Å². The molecule has 0 saturated heterocycles. The zero-order valence-corrected chi connectivity index (χ0v) is 7.85. The van der Waals surface area contributed by atoms with Crippen LogP contribution >= 0.6 is 0 Å². The van der Waals surface area contributed by atoms with Gasteiger partial charge in [-0.2, -0.15) is 4.98 Å². The number of halogens is 1. The first kappa shape index (κ1) is 9.79. The topological polar surface area (TPSA) is 59.2 Å². The largest absolute Gasteiger partial charge is 0.388 e. The SMILES string of the molecule is OCc1noc(Cc2cccc(F)c2)n1. The van der Waals surface area contributed by atoms with Crippen molar-refractivity contribution in [3.63, 3.8) is 0 Å². The molecule has 1 aromatic carbocycles. The molecule has 0 aliphatic heterocycles. The van der Waals surface area contributed by atoms with Gasteiger partial charge in [-0.05, 0) is 17.7 Å². The summed E-state index contributed by atoms with van der Waals surface area (Å²) in [6.45, 7) is -0.257. The molecule has 0 spiro atoms. The van der Waals surface area contributed by atoms with E-state index >= 15 is 0 Å². The highest BCUT2D eigenvalue weighted by Crippen LogP contribution is 2.09. The summed E-state index contributed by atoms with van der Waals surface area (Å²) < 4.78 is 17.7. The van der Waals surface area contributed by atoms with Crippen LogP contribution in [0.25, 0.3) is 0 Å². The molecule has 0 aliphatic carbocycles. The summed E-state index contributed by atoms with van der Waals surface area (Å²) in [7, 11) is 0. The van der Waals surface area contributed by atoms with Crippen molar-refractivity contribution in [1.82, 2.24) is 10.1 Å². The fourth-order valence-corrected chi connectivity index (χ4v) is 1.25. The maximum absolute atomic E-state index is 12.8. The lowest BCUT2D eigenvalue weighted by atomic mass is 10.1. The summed E-state index contributed by atoms with van der Waals surface area (Å²) in [5.41, 5.74) is 0.753. The van der Waals surface area contributed by atoms with Gasteiger partial charge in [-0.1, -0.05) is 17.3 Å². The summed E-state index contributed by atoms with van der Waals surface area (Å²) in [4.78, 5) is 3.90. The molecule has 1 N–H and O–H groups in total. The van der Waals surface area contributed by atoms with Crippen LogP contribution in [0.3, 0.4) is 0 Å². The molecular formula is C10H9FN2O2. The molecule has 2 rings (SSSR count). The van der Waals surface area contributed by atoms with E-state index in [1.54, 1.807) is 12.1 Å². The monoisotopic (exact) mass is 208 g/mol. The third kappa shape index (κ3) is 2.38. The molecule has 78 valence electrons. The van der Waals surface area contributed by atoms with E-state index in [4.69, 9.17) is 9.63 Å². The lowest BCUT2D eigenvalue weighted by molar-refractivity contribution is 0.263. The first-order valence-electron chi connectivity index (χ1n) is 4.44. The Bertz CT molecular complexity index is 456. The van der Waals surface area contributed by atoms with E-state index in [-0.39, 0.29) is 18.2 Å². The fraction of sp³-hybridized carbons (Fsp3) is 0.200. The predicted molar refractivity (Wildman–Crippen MR) is 49.4 cm³/mol. The first-order chi connectivity index (χ1) is 7.28. The van der Waals surface area contributed by atoms with Crippen LogP contribution in [0.5, 0.6) is 0 Å². The van der Waals surface area contributed by atoms with Crippen molar-refractivity contribution in [2.24, 2.45) is 0 Å². The van der Waals surface area contributed by atoms with Gasteiger partial charge in [0.05, 0.1) is 6.42 Å². The first-order valence-corrected chi connectivity index (χ1v) is 4.44. The quantitative estimate of drug-likeness (QED) is 0.825. The fourth-order valence-electron chi connectivity index (χ4n) is 1.25. The van der Waals surface area contributed by atoms with Crippen LogP contribution in [0.1, 0.15) is 17.3 Å². The van der Waals surface area contributed by atoms with E-state index in [0.29, 0.717) is 12.3 Å². The molecule has 0 aliphatic rings. The van der Waals surface area contributed by atoms with Gasteiger partial charge in [0.1, 0.15) is 12.4 Å². The van der Waals surface area contributed by atoms with Crippen molar-refractivity contribution >= 4 is 0 Å². The van der Waals surface area contributed by atoms with Crippen LogP contribution in [0, 0.1) is 5.82 Å². The number of aromatic nitrogens is 2. The Kier molecular flexibility index (Phi) is 2.73. The molecular weight excluding hydrogens is 199 g/mol. The van der Waals surface area contributed by atoms with E-state index in [2.05, 4.69) is 10.1 Å². The summed E-state index contributed by atoms with van der Waals surface area (Å²) in [6.07, 6.45) is 0.366. The van der Waals surface area contributed by atoms with Crippen molar-refractivity contribution < 1.29 is 14.0 Å². The number of hydrogen-bond donors (Lipinski definition) is 1. The molecule has 4 nitrogen and oxygen atoms in total. The predicted octanol–water partition coefficient (Wildman–Crippen LogP) is 1.29. The highest BCUT2D eigenvalue weighted by Gasteiger charge is 2.06. The maximum atomic E-state index is 12.8. The van der Waals surface area contributed by atoms with Gasteiger partial charge in [0.2, 0.25) is 5.89 Å². The average Bonchev–Trinajstić information content (AvgIpc) is 2.65. The third-order valence-electron chi connectivity index (χ3n) is 1.90. The number of nitrogens with zero attached hydrogens (tertiary/aromatic N) is 2. The molecule has 0 radical (unpaired) electrons. The minimum Gasteiger partial charge on any atom is -0.388 e. The Labute approximate surface area is 85.4 Å². The van der Waals surface area contributed by atoms with Crippen molar-refractivity contribution in [3.05, 3.63) is 47.4 Å². The summed E-state index contributed by atoms with van der Waals surface area (Å²) in [6, 6.07) is 6.17. The minimum absolute atomic E-state index is 0.237. The van der Waals surface area contributed by atoms with Gasteiger partial charge in [0.25, 0.3) is 0 Å². The molecule has 0 unspecified atom stereocenters. The van der Waals surface area contributed by atoms with Crippen LogP contribution in [-0.4, -0.2) is 15.2 Å². The maximum Gasteiger partial charge on any atom is 0.231 e. The normalized spacial score (nSPS) is 10.5. The second-order valence-corrected chi connectivity index (χ2v) is 3.07. The van der Waals surface area contributed by atoms with E-state index in [0.717, 1.165) is 5.56 Å². The smallest absolute Gasteiger partial charge is 0.231 e. The zero-order valence-electron chi connectivity index (χ0n) is 7.85. The van der Waals surface area contributed by atoms with Gasteiger partial charge in [-0.15, -0.1) is 0 Å². The number of aliphatic hydroxyl groups excluding tert-OH is 1. The van der Waals surface area contributed by atoms with Crippen LogP contribution in [0.15, 0.2) is 28.8 Å². The van der Waals surface area contributed by atoms with E-state index < -0.39 is 0 Å². The molecule has 5 heteroatoms. The second-order valence-electron chi connectivity index (χ2n) is 3.07. The highest BCUT2D eigenvalue weighted by molar-refractivity contribution is 5.19. The Hall–Kier alpha value is -1.75. The zero-order chi connectivity index (χ0) is 10.7. The van der Waals surface area contributed by atoms with Crippen LogP contribution in [-0.2, 0) is 13.0 Å². The Balaban J connectivity index is 2.14. The van der Waals surface area contributed by atoms with Gasteiger partial charge >= 0.3 is 0 Å². The molecule has 1 aromatic heterocycles. The van der Waals surface area contributed by atoms with E-state index in [1.807, 2.05) is 0 Å². The van der Waals surface area contributed by atoms with E-state index in [9.17, 15) is 4.39 Å². The van der Waals surface area contributed by atoms with Gasteiger partial charge in [-0.25, -0.2) is 4.39 Å². The van der Waals surface area contributed by atoms with Crippen molar-refractivity contribution in [2.45, 2.75) is 13.0 Å². The number of benzene rings is 1. The molecule has 0 bridgehead atoms. The number of aliphatic hydroxyl groups is 1. The summed E-state index contributed by atoms with van der Waals surface area (Å²) >= 11 is 0. The third-order valence-corrected chi connectivity index (χ3v) is 1.90. The standard InChI is InChI=1S/C10H9FN2O2/c11-8-3-1-2-7(4-8)5-10-12-9(6-14)13-15-10/h1-4,14H,5-6H2. The molecule has 2 aromatic rings. The molecule has 0 fully saturated rings. The number of hydrogen-bond acceptors (Lipinski definition) is 4. The lowest BCUT2D eigenvalue weighted by Crippen LogP contribution is -1.90. The Morgan fingerprint density at radius 1 is 1.40 bits per heavy atom. The highest BCUT2D eigenvalue weighted by atomic mass is 19.1. The van der Waals surface area contributed by atoms with Crippen molar-refractivity contribution in [2.75, 3.05) is 0 Å². The van der Waals surface area contributed by atoms with E-state index in [1.165, 1.54) is 12.1 Å². The molecule has 0 amide bonds. The van der Waals surface area contributed by atoms with Crippen molar-refractivity contribution in [1.29, 1.82) is 0 Å². The van der Waals surface area contributed by atoms with Gasteiger partial charge < -0.3 is 9.63 Å². The van der Waals surface area contributed by atoms with Crippen LogP contribution in [0.4, 0.5) is 4.39 Å².